The quantitative estimate of drug-likeness (QED) is 0.0253. The van der Waals surface area contributed by atoms with Crippen LogP contribution < -0.4 is 5.73 Å². The number of hydrogen-bond donors (Lipinski definition) is 2. The van der Waals surface area contributed by atoms with Gasteiger partial charge in [-0.15, -0.1) is 16.6 Å². The number of anilines is 1. The summed E-state index contributed by atoms with van der Waals surface area (Å²) in [6, 6.07) is 21.0. The van der Waals surface area contributed by atoms with E-state index in [0.717, 1.165) is 34.4 Å². The Bertz CT molecular complexity index is 2530. The second-order valence-electron chi connectivity index (χ2n) is 11.8. The summed E-state index contributed by atoms with van der Waals surface area (Å²) >= 11 is 0. The Morgan fingerprint density at radius 2 is 1.15 bits per heavy atom. The molecular weight excluding hydrogens is 789 g/mol. The fourth-order valence-electron chi connectivity index (χ4n) is 4.99. The van der Waals surface area contributed by atoms with E-state index >= 15 is 0 Å². The van der Waals surface area contributed by atoms with Crippen molar-refractivity contribution >= 4 is 41.5 Å². The maximum atomic E-state index is 11.5. The van der Waals surface area contributed by atoms with Crippen LogP contribution in [0.1, 0.15) is 63.7 Å². The zero-order valence-electron chi connectivity index (χ0n) is 34.2. The zero-order chi connectivity index (χ0) is 45.5. The topological polar surface area (TPSA) is 269 Å². The molecule has 6 rings (SSSR count). The van der Waals surface area contributed by atoms with Gasteiger partial charge < -0.3 is 25.1 Å². The van der Waals surface area contributed by atoms with Crippen molar-refractivity contribution in [3.63, 3.8) is 0 Å². The van der Waals surface area contributed by atoms with Gasteiger partial charge in [-0.3, -0.25) is 4.79 Å². The van der Waals surface area contributed by atoms with Gasteiger partial charge in [-0.2, -0.15) is 0 Å². The Morgan fingerprint density at radius 3 is 1.57 bits per heavy atom. The lowest BCUT2D eigenvalue weighted by atomic mass is 10.1. The number of azide groups is 1. The van der Waals surface area contributed by atoms with Crippen LogP contribution in [0.25, 0.3) is 21.8 Å². The number of carboxylic acids is 1. The third-order valence-electron chi connectivity index (χ3n) is 8.29. The molecule has 0 aliphatic carbocycles. The number of carbonyl (C=O) groups excluding carboxylic acids is 4. The van der Waals surface area contributed by atoms with Gasteiger partial charge >= 0.3 is 23.9 Å². The molecule has 2 heterocycles. The summed E-state index contributed by atoms with van der Waals surface area (Å²) in [5.74, 6) is -0.901. The van der Waals surface area contributed by atoms with Crippen LogP contribution in [0.3, 0.4) is 0 Å². The minimum Gasteiger partial charge on any atom is -0.472 e. The highest BCUT2D eigenvalue weighted by Crippen LogP contribution is 2.23. The number of methoxy groups -OCH3 is 3. The van der Waals surface area contributed by atoms with Crippen LogP contribution in [0, 0.1) is 40.0 Å². The average Bonchev–Trinajstić information content (AvgIpc) is 4.02. The number of terminal acetylenes is 1. The van der Waals surface area contributed by atoms with Gasteiger partial charge in [0.2, 0.25) is 0 Å². The van der Waals surface area contributed by atoms with E-state index in [1.54, 1.807) is 103 Å². The molecule has 0 saturated carbocycles. The maximum Gasteiger partial charge on any atom is 0.381 e. The summed E-state index contributed by atoms with van der Waals surface area (Å²) in [5.41, 5.74) is 21.9. The summed E-state index contributed by atoms with van der Waals surface area (Å²) in [5, 5.41) is 26.2. The zero-order valence-corrected chi connectivity index (χ0v) is 34.2. The predicted octanol–water partition coefficient (Wildman–Crippen LogP) is 6.54. The first-order valence-electron chi connectivity index (χ1n) is 17.5. The van der Waals surface area contributed by atoms with E-state index in [2.05, 4.69) is 46.5 Å². The van der Waals surface area contributed by atoms with Crippen LogP contribution in [0.4, 0.5) is 11.4 Å². The van der Waals surface area contributed by atoms with Crippen LogP contribution in [0.5, 0.6) is 0 Å². The Balaban J connectivity index is 0.000000271. The van der Waals surface area contributed by atoms with Crippen LogP contribution in [-0.2, 0) is 19.0 Å². The number of aliphatic carboxylic acids is 1. The summed E-state index contributed by atoms with van der Waals surface area (Å²) in [4.78, 5) is 56.3. The summed E-state index contributed by atoms with van der Waals surface area (Å²) in [6.45, 7) is 7.24. The molecule has 0 atom stereocenters. The number of aromatic nitrogens is 6. The van der Waals surface area contributed by atoms with Crippen LogP contribution >= 0.6 is 0 Å². The fraction of sp³-hybridized carbons (Fsp3) is 0.167. The maximum absolute atomic E-state index is 11.5. The summed E-state index contributed by atoms with van der Waals surface area (Å²) in [7, 11) is 4.02. The molecule has 19 nitrogen and oxygen atoms in total. The predicted molar refractivity (Wildman–Crippen MR) is 224 cm³/mol. The summed E-state index contributed by atoms with van der Waals surface area (Å²) in [6.07, 6.45) is 11.8. The van der Waals surface area contributed by atoms with Crippen LogP contribution in [0.2, 0.25) is 0 Å². The number of aldehydes is 1. The molecule has 0 fully saturated rings. The molecule has 19 heteroatoms. The Hall–Kier alpha value is -8.62. The van der Waals surface area contributed by atoms with Crippen molar-refractivity contribution in [2.75, 3.05) is 27.1 Å². The Kier molecular flexibility index (Phi) is 19.8. The van der Waals surface area contributed by atoms with Crippen molar-refractivity contribution in [1.29, 1.82) is 0 Å². The first-order chi connectivity index (χ1) is 29.2. The number of carbonyl (C=O) groups is 5. The van der Waals surface area contributed by atoms with E-state index in [9.17, 15) is 19.2 Å². The Morgan fingerprint density at radius 1 is 0.721 bits per heavy atom. The SMILES string of the molecule is C#CC(=O)O.COC(=O)c1cccc(-n2ccnn2)c1C.COC(=O)c1cccc(N)c1C.COC(=O)c1cccc(N=[N+]=[N-])c1C.Cc1c(C=O)cccc1-n1ccnn1. The number of benzene rings is 4. The van der Waals surface area contributed by atoms with Gasteiger partial charge in [-0.1, -0.05) is 51.9 Å². The van der Waals surface area contributed by atoms with Crippen molar-refractivity contribution in [2.24, 2.45) is 5.11 Å². The van der Waals surface area contributed by atoms with Gasteiger partial charge in [0, 0.05) is 27.8 Å². The fourth-order valence-corrected chi connectivity index (χ4v) is 4.99. The van der Waals surface area contributed by atoms with E-state index in [0.29, 0.717) is 39.2 Å². The highest BCUT2D eigenvalue weighted by Gasteiger charge is 2.13. The molecule has 0 unspecified atom stereocenters. The molecule has 0 spiro atoms. The molecule has 6 aromatic rings. The van der Waals surface area contributed by atoms with Crippen molar-refractivity contribution in [2.45, 2.75) is 27.7 Å². The molecule has 0 bridgehead atoms. The normalized spacial score (nSPS) is 9.34. The van der Waals surface area contributed by atoms with E-state index in [4.69, 9.17) is 25.9 Å². The number of nitrogens with zero attached hydrogens (tertiary/aromatic N) is 9. The van der Waals surface area contributed by atoms with E-state index in [-0.39, 0.29) is 11.9 Å². The number of hydrogen-bond acceptors (Lipinski definition) is 14. The Labute approximate surface area is 350 Å². The van der Waals surface area contributed by atoms with Crippen molar-refractivity contribution in [1.82, 2.24) is 30.0 Å². The molecule has 4 aromatic carbocycles. The first kappa shape index (κ1) is 48.5. The summed E-state index contributed by atoms with van der Waals surface area (Å²) < 4.78 is 17.1. The highest BCUT2D eigenvalue weighted by atomic mass is 16.5. The molecule has 61 heavy (non-hydrogen) atoms. The lowest BCUT2D eigenvalue weighted by Crippen LogP contribution is -2.07. The van der Waals surface area contributed by atoms with Gasteiger partial charge in [0.1, 0.15) is 6.29 Å². The van der Waals surface area contributed by atoms with E-state index < -0.39 is 11.9 Å². The lowest BCUT2D eigenvalue weighted by Gasteiger charge is -2.08. The molecule has 0 aliphatic rings. The number of carboxylic acid groups (broad SMARTS) is 1. The third kappa shape index (κ3) is 14.1. The monoisotopic (exact) mass is 830 g/mol. The number of ether oxygens (including phenoxy) is 3. The standard InChI is InChI=1S/C11H11N3O2.C10H9N3O.C9H9N3O2.C9H11NO2.C3H2O2/c1-8-9(11(15)16-2)4-3-5-10(8)14-7-6-12-13-14;1-8-9(7-14)3-2-4-10(8)13-6-5-11-12-13;1-6-7(9(13)14-2)4-3-5-8(6)11-12-10;1-6-7(9(11)12-2)4-3-5-8(6)10;1-2-3(4)5/h3-7H,1-2H3;2-7H,1H3;3-5H,1-2H3;3-5H,10H2,1-2H3;1H,(H,4,5). The largest absolute Gasteiger partial charge is 0.472 e. The van der Waals surface area contributed by atoms with Crippen molar-refractivity contribution in [3.05, 3.63) is 153 Å². The second-order valence-corrected chi connectivity index (χ2v) is 11.8. The van der Waals surface area contributed by atoms with Gasteiger partial charge in [0.25, 0.3) is 0 Å². The smallest absolute Gasteiger partial charge is 0.381 e. The van der Waals surface area contributed by atoms with Gasteiger partial charge in [0.05, 0.1) is 74.2 Å². The number of rotatable bonds is 7. The molecule has 314 valence electrons. The van der Waals surface area contributed by atoms with Gasteiger partial charge in [0.15, 0.2) is 0 Å². The average molecular weight is 831 g/mol. The number of nitrogen functional groups attached to an aromatic ring is 1. The molecule has 3 N–H and O–H groups in total. The third-order valence-corrected chi connectivity index (χ3v) is 8.29. The lowest BCUT2D eigenvalue weighted by molar-refractivity contribution is -0.130. The van der Waals surface area contributed by atoms with E-state index in [1.165, 1.54) is 27.2 Å². The first-order valence-corrected chi connectivity index (χ1v) is 17.5. The highest BCUT2D eigenvalue weighted by molar-refractivity contribution is 5.93. The van der Waals surface area contributed by atoms with Crippen LogP contribution in [-0.4, -0.2) is 86.6 Å². The molecule has 2 aromatic heterocycles. The molecule has 0 amide bonds. The second kappa shape index (κ2) is 24.9. The van der Waals surface area contributed by atoms with Crippen molar-refractivity contribution < 1.29 is 43.3 Å². The van der Waals surface area contributed by atoms with E-state index in [1.807, 2.05) is 32.0 Å². The molecule has 0 aliphatic heterocycles. The van der Waals surface area contributed by atoms with Gasteiger partial charge in [-0.05, 0) is 91.9 Å². The number of nitrogens with two attached hydrogens (primary N) is 1. The molecule has 0 radical (unpaired) electrons. The minimum atomic E-state index is -1.22. The molecule has 0 saturated heterocycles. The van der Waals surface area contributed by atoms with Crippen molar-refractivity contribution in [3.8, 4) is 23.7 Å². The minimum absolute atomic E-state index is 0.347. The number of esters is 3. The van der Waals surface area contributed by atoms with Crippen LogP contribution in [0.15, 0.2) is 103 Å². The van der Waals surface area contributed by atoms with Gasteiger partial charge in [-0.25, -0.2) is 28.5 Å². The molecular formula is C42H42N10O9.